The molecular weight excluding hydrogens is 346 g/mol. The third-order valence-electron chi connectivity index (χ3n) is 2.91. The minimum Gasteiger partial charge on any atom is -0.338 e. The smallest absolute Gasteiger partial charge is 0.244 e. The predicted octanol–water partition coefficient (Wildman–Crippen LogP) is 2.17. The van der Waals surface area contributed by atoms with Gasteiger partial charge < -0.3 is 4.90 Å². The molecule has 2 rings (SSSR count). The van der Waals surface area contributed by atoms with Crippen LogP contribution in [0.4, 0.5) is 0 Å². The first kappa shape index (κ1) is 15.1. The van der Waals surface area contributed by atoms with Gasteiger partial charge in [-0.2, -0.15) is 10.2 Å². The van der Waals surface area contributed by atoms with Gasteiger partial charge in [-0.15, -0.1) is 0 Å². The number of rotatable bonds is 5. The molecule has 0 N–H and O–H groups in total. The molecule has 0 aliphatic heterocycles. The lowest BCUT2D eigenvalue weighted by Crippen LogP contribution is -2.31. The van der Waals surface area contributed by atoms with Crippen LogP contribution in [0.15, 0.2) is 23.1 Å². The molecule has 0 radical (unpaired) electrons. The molecule has 2 heterocycles. The predicted molar refractivity (Wildman–Crippen MR) is 79.3 cm³/mol. The molecule has 0 aromatic carbocycles. The van der Waals surface area contributed by atoms with Crippen LogP contribution >= 0.6 is 27.5 Å². The summed E-state index contributed by atoms with van der Waals surface area (Å²) < 4.78 is 4.22. The van der Waals surface area contributed by atoms with Gasteiger partial charge in [0.2, 0.25) is 5.91 Å². The van der Waals surface area contributed by atoms with E-state index in [2.05, 4.69) is 26.1 Å². The van der Waals surface area contributed by atoms with Crippen LogP contribution in [-0.4, -0.2) is 37.4 Å². The fourth-order valence-corrected chi connectivity index (χ4v) is 2.34. The van der Waals surface area contributed by atoms with Crippen LogP contribution in [0.1, 0.15) is 12.6 Å². The summed E-state index contributed by atoms with van der Waals surface area (Å²) in [5, 5.41) is 8.80. The minimum absolute atomic E-state index is 0.0412. The van der Waals surface area contributed by atoms with E-state index in [0.29, 0.717) is 11.6 Å². The van der Waals surface area contributed by atoms with E-state index < -0.39 is 0 Å². The van der Waals surface area contributed by atoms with Gasteiger partial charge in [-0.25, -0.2) is 0 Å². The van der Waals surface area contributed by atoms with Crippen LogP contribution in [0.3, 0.4) is 0 Å². The van der Waals surface area contributed by atoms with Crippen LogP contribution in [-0.2, 0) is 24.4 Å². The molecule has 6 nitrogen and oxygen atoms in total. The number of halogens is 2. The molecule has 0 aliphatic carbocycles. The van der Waals surface area contributed by atoms with Crippen LogP contribution in [0.2, 0.25) is 5.02 Å². The van der Waals surface area contributed by atoms with E-state index in [1.165, 1.54) is 0 Å². The molecule has 0 saturated carbocycles. The van der Waals surface area contributed by atoms with Crippen molar-refractivity contribution in [3.05, 3.63) is 33.8 Å². The van der Waals surface area contributed by atoms with Crippen molar-refractivity contribution in [3.8, 4) is 0 Å². The quantitative estimate of drug-likeness (QED) is 0.821. The summed E-state index contributed by atoms with van der Waals surface area (Å²) >= 11 is 9.39. The third kappa shape index (κ3) is 3.40. The monoisotopic (exact) mass is 359 g/mol. The Kier molecular flexibility index (Phi) is 4.82. The van der Waals surface area contributed by atoms with Gasteiger partial charge in [0.15, 0.2) is 0 Å². The zero-order valence-corrected chi connectivity index (χ0v) is 13.6. The van der Waals surface area contributed by atoms with E-state index in [1.807, 2.05) is 6.92 Å². The molecule has 8 heteroatoms. The summed E-state index contributed by atoms with van der Waals surface area (Å²) in [4.78, 5) is 13.8. The molecule has 0 unspecified atom stereocenters. The first-order chi connectivity index (χ1) is 9.51. The summed E-state index contributed by atoms with van der Waals surface area (Å²) in [7, 11) is 1.74. The molecule has 2 aromatic heterocycles. The molecule has 0 spiro atoms. The van der Waals surface area contributed by atoms with Crippen molar-refractivity contribution in [3.63, 3.8) is 0 Å². The normalized spacial score (nSPS) is 10.8. The Hall–Kier alpha value is -1.34. The first-order valence-electron chi connectivity index (χ1n) is 6.13. The summed E-state index contributed by atoms with van der Waals surface area (Å²) in [6, 6.07) is 0. The summed E-state index contributed by atoms with van der Waals surface area (Å²) in [5.74, 6) is -0.0412. The Morgan fingerprint density at radius 2 is 2.20 bits per heavy atom. The third-order valence-corrected chi connectivity index (χ3v) is 3.63. The largest absolute Gasteiger partial charge is 0.338 e. The number of likely N-dealkylation sites (N-methyl/N-ethyl adjacent to an activating group) is 1. The second kappa shape index (κ2) is 6.41. The lowest BCUT2D eigenvalue weighted by molar-refractivity contribution is -0.131. The van der Waals surface area contributed by atoms with Crippen LogP contribution in [0.5, 0.6) is 0 Å². The summed E-state index contributed by atoms with van der Waals surface area (Å²) in [6.45, 7) is 3.32. The van der Waals surface area contributed by atoms with E-state index in [9.17, 15) is 4.79 Å². The Bertz CT molecular complexity index is 609. The molecule has 108 valence electrons. The maximum Gasteiger partial charge on any atom is 0.244 e. The van der Waals surface area contributed by atoms with Gasteiger partial charge in [-0.05, 0) is 22.9 Å². The maximum atomic E-state index is 12.1. The van der Waals surface area contributed by atoms with E-state index in [-0.39, 0.29) is 12.5 Å². The maximum absolute atomic E-state index is 12.1. The summed E-state index contributed by atoms with van der Waals surface area (Å²) in [5.41, 5.74) is 0.840. The number of carbonyl (C=O) groups is 1. The molecule has 20 heavy (non-hydrogen) atoms. The van der Waals surface area contributed by atoms with Gasteiger partial charge >= 0.3 is 0 Å². The molecule has 0 fully saturated rings. The molecule has 0 bridgehead atoms. The lowest BCUT2D eigenvalue weighted by atomic mass is 10.3. The molecule has 0 aliphatic rings. The molecule has 0 saturated heterocycles. The number of nitrogens with zero attached hydrogens (tertiary/aromatic N) is 5. The topological polar surface area (TPSA) is 56.0 Å². The number of amides is 1. The van der Waals surface area contributed by atoms with Crippen molar-refractivity contribution in [2.45, 2.75) is 26.6 Å². The van der Waals surface area contributed by atoms with Crippen molar-refractivity contribution in [2.75, 3.05) is 7.05 Å². The Labute approximate surface area is 130 Å². The lowest BCUT2D eigenvalue weighted by Gasteiger charge is -2.18. The number of aromatic nitrogens is 4. The summed E-state index contributed by atoms with van der Waals surface area (Å²) in [6.07, 6.45) is 5.01. The van der Waals surface area contributed by atoms with Crippen LogP contribution in [0.25, 0.3) is 0 Å². The highest BCUT2D eigenvalue weighted by Gasteiger charge is 2.15. The van der Waals surface area contributed by atoms with Crippen molar-refractivity contribution in [1.82, 2.24) is 24.5 Å². The highest BCUT2D eigenvalue weighted by molar-refractivity contribution is 9.10. The zero-order chi connectivity index (χ0) is 14.7. The Balaban J connectivity index is 2.02. The number of carbonyl (C=O) groups excluding carboxylic acids is 1. The Morgan fingerprint density at radius 3 is 2.80 bits per heavy atom. The van der Waals surface area contributed by atoms with E-state index in [4.69, 9.17) is 11.6 Å². The average molecular weight is 361 g/mol. The van der Waals surface area contributed by atoms with Gasteiger partial charge in [0.05, 0.1) is 34.1 Å². The second-order valence-electron chi connectivity index (χ2n) is 4.36. The van der Waals surface area contributed by atoms with Crippen molar-refractivity contribution in [1.29, 1.82) is 0 Å². The van der Waals surface area contributed by atoms with Crippen molar-refractivity contribution in [2.24, 2.45) is 0 Å². The zero-order valence-electron chi connectivity index (χ0n) is 11.3. The average Bonchev–Trinajstić information content (AvgIpc) is 2.97. The molecule has 2 aromatic rings. The highest BCUT2D eigenvalue weighted by atomic mass is 79.9. The van der Waals surface area contributed by atoms with Gasteiger partial charge in [0.1, 0.15) is 6.54 Å². The van der Waals surface area contributed by atoms with Crippen LogP contribution in [0, 0.1) is 0 Å². The fourth-order valence-electron chi connectivity index (χ4n) is 1.81. The van der Waals surface area contributed by atoms with Crippen LogP contribution < -0.4 is 0 Å². The van der Waals surface area contributed by atoms with E-state index in [1.54, 1.807) is 39.9 Å². The minimum atomic E-state index is -0.0412. The molecular formula is C12H15BrClN5O. The van der Waals surface area contributed by atoms with Gasteiger partial charge in [0, 0.05) is 19.8 Å². The standard InChI is InChI=1S/C12H15BrClN5O/c1-3-19-11(10(14)5-16-19)7-17(2)12(20)8-18-6-9(13)4-15-18/h4-6H,3,7-8H2,1-2H3. The van der Waals surface area contributed by atoms with Gasteiger partial charge in [-0.1, -0.05) is 11.6 Å². The Morgan fingerprint density at radius 1 is 1.45 bits per heavy atom. The SMILES string of the molecule is CCn1ncc(Cl)c1CN(C)C(=O)Cn1cc(Br)cn1. The van der Waals surface area contributed by atoms with Gasteiger partial charge in [0.25, 0.3) is 0 Å². The molecule has 1 amide bonds. The highest BCUT2D eigenvalue weighted by Crippen LogP contribution is 2.17. The second-order valence-corrected chi connectivity index (χ2v) is 5.68. The first-order valence-corrected chi connectivity index (χ1v) is 7.30. The van der Waals surface area contributed by atoms with Gasteiger partial charge in [-0.3, -0.25) is 14.2 Å². The van der Waals surface area contributed by atoms with Crippen molar-refractivity contribution >= 4 is 33.4 Å². The van der Waals surface area contributed by atoms with E-state index >= 15 is 0 Å². The number of hydrogen-bond donors (Lipinski definition) is 0. The fraction of sp³-hybridized carbons (Fsp3) is 0.417. The molecule has 0 atom stereocenters. The number of aryl methyl sites for hydroxylation is 1. The number of hydrogen-bond acceptors (Lipinski definition) is 3. The van der Waals surface area contributed by atoms with Crippen molar-refractivity contribution < 1.29 is 4.79 Å². The van der Waals surface area contributed by atoms with E-state index in [0.717, 1.165) is 16.7 Å².